The van der Waals surface area contributed by atoms with Gasteiger partial charge in [0.15, 0.2) is 0 Å². The Morgan fingerprint density at radius 1 is 1.00 bits per heavy atom. The Hall–Kier alpha value is -2.84. The van der Waals surface area contributed by atoms with E-state index < -0.39 is 17.8 Å². The summed E-state index contributed by atoms with van der Waals surface area (Å²) in [4.78, 5) is 16.1. The van der Waals surface area contributed by atoms with Crippen molar-refractivity contribution in [1.29, 1.82) is 0 Å². The number of carbonyl (C=O) groups is 1. The van der Waals surface area contributed by atoms with Gasteiger partial charge in [-0.3, -0.25) is 4.90 Å². The third-order valence-electron chi connectivity index (χ3n) is 5.30. The van der Waals surface area contributed by atoms with Crippen LogP contribution in [0.3, 0.4) is 0 Å². The molecule has 0 N–H and O–H groups in total. The zero-order chi connectivity index (χ0) is 22.0. The van der Waals surface area contributed by atoms with E-state index in [9.17, 15) is 18.0 Å². The molecule has 0 aliphatic carbocycles. The van der Waals surface area contributed by atoms with Gasteiger partial charge in [0.25, 0.3) is 0 Å². The molecular weight excluding hydrogens is 429 g/mol. The molecule has 1 fully saturated rings. The van der Waals surface area contributed by atoms with Gasteiger partial charge in [0.2, 0.25) is 0 Å². The smallest absolute Gasteiger partial charge is 0.320 e. The number of nitrogens with zero attached hydrogens (tertiary/aromatic N) is 4. The molecule has 4 rings (SSSR count). The second kappa shape index (κ2) is 8.72. The van der Waals surface area contributed by atoms with Crippen molar-refractivity contribution in [2.45, 2.75) is 12.7 Å². The Morgan fingerprint density at radius 3 is 2.32 bits per heavy atom. The van der Waals surface area contributed by atoms with Crippen LogP contribution in [0, 0.1) is 0 Å². The van der Waals surface area contributed by atoms with Crippen LogP contribution in [0.2, 0.25) is 5.02 Å². The lowest BCUT2D eigenvalue weighted by Crippen LogP contribution is -2.49. The lowest BCUT2D eigenvalue weighted by molar-refractivity contribution is -0.137. The fourth-order valence-electron chi connectivity index (χ4n) is 3.54. The summed E-state index contributed by atoms with van der Waals surface area (Å²) in [6.45, 7) is 2.63. The van der Waals surface area contributed by atoms with Gasteiger partial charge >= 0.3 is 12.2 Å². The number of alkyl halides is 3. The second-order valence-corrected chi connectivity index (χ2v) is 7.80. The number of halogens is 4. The molecule has 0 unspecified atom stereocenters. The van der Waals surface area contributed by atoms with E-state index in [0.717, 1.165) is 27.6 Å². The quantitative estimate of drug-likeness (QED) is 0.565. The van der Waals surface area contributed by atoms with E-state index in [1.165, 1.54) is 4.90 Å². The van der Waals surface area contributed by atoms with Crippen molar-refractivity contribution in [3.63, 3.8) is 0 Å². The molecule has 1 amide bonds. The summed E-state index contributed by atoms with van der Waals surface area (Å²) in [5.74, 6) is 0. The minimum absolute atomic E-state index is 0.403. The van der Waals surface area contributed by atoms with Crippen LogP contribution in [0.15, 0.2) is 60.9 Å². The number of hydrogen-bond donors (Lipinski definition) is 0. The summed E-state index contributed by atoms with van der Waals surface area (Å²) < 4.78 is 38.9. The number of amides is 1. The SMILES string of the molecule is O=C(N1CCN(Cc2ccc(-c3ccccc3)cc2Cl)CC1)n1cc(C(F)(F)F)cn1. The molecule has 0 radical (unpaired) electrons. The second-order valence-electron chi connectivity index (χ2n) is 7.39. The molecule has 5 nitrogen and oxygen atoms in total. The first-order valence-corrected chi connectivity index (χ1v) is 10.2. The molecule has 2 aromatic carbocycles. The van der Waals surface area contributed by atoms with E-state index in [1.807, 2.05) is 48.5 Å². The van der Waals surface area contributed by atoms with Crippen molar-refractivity contribution in [3.8, 4) is 11.1 Å². The molecule has 0 saturated carbocycles. The average Bonchev–Trinajstić information content (AvgIpc) is 3.27. The van der Waals surface area contributed by atoms with Crippen LogP contribution in [0.1, 0.15) is 11.1 Å². The first kappa shape index (κ1) is 21.4. The van der Waals surface area contributed by atoms with Gasteiger partial charge in [-0.2, -0.15) is 23.0 Å². The van der Waals surface area contributed by atoms with Crippen LogP contribution in [-0.4, -0.2) is 51.8 Å². The van der Waals surface area contributed by atoms with Crippen LogP contribution >= 0.6 is 11.6 Å². The number of piperazine rings is 1. The fraction of sp³-hybridized carbons (Fsp3) is 0.273. The Labute approximate surface area is 182 Å². The predicted molar refractivity (Wildman–Crippen MR) is 112 cm³/mol. The lowest BCUT2D eigenvalue weighted by Gasteiger charge is -2.34. The van der Waals surface area contributed by atoms with Crippen LogP contribution in [0.5, 0.6) is 0 Å². The molecule has 1 aromatic heterocycles. The van der Waals surface area contributed by atoms with Gasteiger partial charge in [-0.05, 0) is 22.8 Å². The summed E-state index contributed by atoms with van der Waals surface area (Å²) >= 11 is 6.50. The monoisotopic (exact) mass is 448 g/mol. The molecule has 1 saturated heterocycles. The minimum Gasteiger partial charge on any atom is -0.320 e. The van der Waals surface area contributed by atoms with Crippen molar-refractivity contribution >= 4 is 17.6 Å². The fourth-order valence-corrected chi connectivity index (χ4v) is 3.78. The maximum atomic E-state index is 12.7. The summed E-state index contributed by atoms with van der Waals surface area (Å²) in [7, 11) is 0. The van der Waals surface area contributed by atoms with Crippen molar-refractivity contribution in [1.82, 2.24) is 19.6 Å². The molecule has 0 bridgehead atoms. The van der Waals surface area contributed by atoms with Gasteiger partial charge in [-0.25, -0.2) is 4.79 Å². The van der Waals surface area contributed by atoms with E-state index in [2.05, 4.69) is 10.00 Å². The van der Waals surface area contributed by atoms with Crippen molar-refractivity contribution in [3.05, 3.63) is 77.1 Å². The van der Waals surface area contributed by atoms with Crippen LogP contribution in [0.4, 0.5) is 18.0 Å². The molecule has 1 aliphatic heterocycles. The number of aromatic nitrogens is 2. The molecule has 3 aromatic rings. The normalized spacial score (nSPS) is 15.3. The highest BCUT2D eigenvalue weighted by Crippen LogP contribution is 2.29. The molecule has 162 valence electrons. The predicted octanol–water partition coefficient (Wildman–Crippen LogP) is 5.01. The number of carbonyl (C=O) groups excluding carboxylic acids is 1. The third-order valence-corrected chi connectivity index (χ3v) is 5.65. The largest absolute Gasteiger partial charge is 0.419 e. The molecule has 1 aliphatic rings. The third kappa shape index (κ3) is 4.91. The highest BCUT2D eigenvalue weighted by atomic mass is 35.5. The van der Waals surface area contributed by atoms with Gasteiger partial charge in [-0.1, -0.05) is 54.1 Å². The van der Waals surface area contributed by atoms with E-state index in [1.54, 1.807) is 0 Å². The first-order chi connectivity index (χ1) is 14.8. The summed E-state index contributed by atoms with van der Waals surface area (Å²) in [6.07, 6.45) is -3.13. The number of hydrogen-bond acceptors (Lipinski definition) is 3. The van der Waals surface area contributed by atoms with Crippen LogP contribution in [0.25, 0.3) is 11.1 Å². The molecule has 2 heterocycles. The van der Waals surface area contributed by atoms with E-state index in [4.69, 9.17) is 11.6 Å². The summed E-state index contributed by atoms with van der Waals surface area (Å²) in [5, 5.41) is 4.24. The van der Waals surface area contributed by atoms with Crippen molar-refractivity contribution in [2.24, 2.45) is 0 Å². The number of benzene rings is 2. The molecular formula is C22H20ClF3N4O. The Morgan fingerprint density at radius 2 is 1.71 bits per heavy atom. The zero-order valence-electron chi connectivity index (χ0n) is 16.5. The van der Waals surface area contributed by atoms with Gasteiger partial charge in [0, 0.05) is 43.9 Å². The standard InChI is InChI=1S/C22H20ClF3N4O/c23-20-12-17(16-4-2-1-3-5-16)6-7-18(20)14-28-8-10-29(11-9-28)21(31)30-15-19(13-27-30)22(24,25)26/h1-7,12-13,15H,8-11,14H2. The Balaban J connectivity index is 1.35. The Bertz CT molecular complexity index is 1060. The van der Waals surface area contributed by atoms with Crippen molar-refractivity contribution in [2.75, 3.05) is 26.2 Å². The molecule has 0 spiro atoms. The molecule has 0 atom stereocenters. The van der Waals surface area contributed by atoms with Crippen LogP contribution < -0.4 is 0 Å². The van der Waals surface area contributed by atoms with E-state index in [0.29, 0.717) is 43.9 Å². The van der Waals surface area contributed by atoms with Gasteiger partial charge in [0.1, 0.15) is 0 Å². The maximum Gasteiger partial charge on any atom is 0.419 e. The van der Waals surface area contributed by atoms with E-state index in [-0.39, 0.29) is 0 Å². The van der Waals surface area contributed by atoms with Gasteiger partial charge < -0.3 is 4.90 Å². The van der Waals surface area contributed by atoms with E-state index >= 15 is 0 Å². The van der Waals surface area contributed by atoms with Gasteiger partial charge in [0.05, 0.1) is 11.8 Å². The molecule has 9 heteroatoms. The lowest BCUT2D eigenvalue weighted by atomic mass is 10.0. The first-order valence-electron chi connectivity index (χ1n) is 9.78. The maximum absolute atomic E-state index is 12.7. The van der Waals surface area contributed by atoms with Crippen LogP contribution in [-0.2, 0) is 12.7 Å². The highest BCUT2D eigenvalue weighted by Gasteiger charge is 2.33. The summed E-state index contributed by atoms with van der Waals surface area (Å²) in [5.41, 5.74) is 2.19. The highest BCUT2D eigenvalue weighted by molar-refractivity contribution is 6.31. The minimum atomic E-state index is -4.52. The van der Waals surface area contributed by atoms with Crippen molar-refractivity contribution < 1.29 is 18.0 Å². The average molecular weight is 449 g/mol. The topological polar surface area (TPSA) is 41.4 Å². The zero-order valence-corrected chi connectivity index (χ0v) is 17.3. The Kier molecular flexibility index (Phi) is 6.02. The molecule has 31 heavy (non-hydrogen) atoms. The summed E-state index contributed by atoms with van der Waals surface area (Å²) in [6, 6.07) is 15.4. The van der Waals surface area contributed by atoms with Gasteiger partial charge in [-0.15, -0.1) is 0 Å². The number of rotatable bonds is 3.